The molecular weight excluding hydrogens is 284 g/mol. The van der Waals surface area contributed by atoms with Crippen molar-refractivity contribution in [2.45, 2.75) is 19.4 Å². The van der Waals surface area contributed by atoms with Crippen LogP contribution in [0, 0.1) is 0 Å². The van der Waals surface area contributed by atoms with E-state index in [1.54, 1.807) is 7.05 Å². The van der Waals surface area contributed by atoms with Crippen molar-refractivity contribution in [1.82, 2.24) is 5.32 Å². The molecule has 0 bridgehead atoms. The van der Waals surface area contributed by atoms with E-state index >= 15 is 0 Å². The van der Waals surface area contributed by atoms with E-state index in [2.05, 4.69) is 17.6 Å². The average molecular weight is 303 g/mol. The fourth-order valence-corrected chi connectivity index (χ4v) is 2.30. The number of rotatable bonds is 5. The second-order valence-corrected chi connectivity index (χ2v) is 5.47. The number of carbonyl (C=O) groups excluding carboxylic acids is 1. The molecule has 2 N–H and O–H groups in total. The Morgan fingerprint density at radius 2 is 1.71 bits per heavy atom. The monoisotopic (exact) mass is 302 g/mol. The SMILES string of the molecule is CNC(=O)c1ccc(NC(C)Cc2ccc(Cl)cc2)cc1. The van der Waals surface area contributed by atoms with Crippen LogP contribution in [-0.4, -0.2) is 19.0 Å². The molecule has 0 heterocycles. The number of halogens is 1. The van der Waals surface area contributed by atoms with Crippen LogP contribution in [0.5, 0.6) is 0 Å². The number of amides is 1. The third-order valence-corrected chi connectivity index (χ3v) is 3.49. The molecule has 0 saturated carbocycles. The summed E-state index contributed by atoms with van der Waals surface area (Å²) in [6.07, 6.45) is 0.911. The highest BCUT2D eigenvalue weighted by atomic mass is 35.5. The summed E-state index contributed by atoms with van der Waals surface area (Å²) in [5.41, 5.74) is 2.90. The van der Waals surface area contributed by atoms with Crippen molar-refractivity contribution in [1.29, 1.82) is 0 Å². The lowest BCUT2D eigenvalue weighted by Gasteiger charge is -2.15. The molecule has 4 heteroatoms. The van der Waals surface area contributed by atoms with Crippen LogP contribution in [0.4, 0.5) is 5.69 Å². The Kier molecular flexibility index (Phi) is 5.23. The lowest BCUT2D eigenvalue weighted by Crippen LogP contribution is -2.19. The number of nitrogens with one attached hydrogen (secondary N) is 2. The maximum atomic E-state index is 11.5. The number of hydrogen-bond acceptors (Lipinski definition) is 2. The van der Waals surface area contributed by atoms with Crippen LogP contribution in [0.2, 0.25) is 5.02 Å². The van der Waals surface area contributed by atoms with Gasteiger partial charge in [-0.2, -0.15) is 0 Å². The smallest absolute Gasteiger partial charge is 0.251 e. The van der Waals surface area contributed by atoms with Gasteiger partial charge in [0.2, 0.25) is 0 Å². The van der Waals surface area contributed by atoms with E-state index in [0.29, 0.717) is 5.56 Å². The zero-order chi connectivity index (χ0) is 15.2. The van der Waals surface area contributed by atoms with Crippen molar-refractivity contribution >= 4 is 23.2 Å². The molecule has 2 aromatic rings. The lowest BCUT2D eigenvalue weighted by atomic mass is 10.1. The summed E-state index contributed by atoms with van der Waals surface area (Å²) in [5, 5.41) is 6.79. The summed E-state index contributed by atoms with van der Waals surface area (Å²) in [6.45, 7) is 2.13. The van der Waals surface area contributed by atoms with Gasteiger partial charge in [-0.1, -0.05) is 23.7 Å². The molecule has 0 aliphatic carbocycles. The van der Waals surface area contributed by atoms with Gasteiger partial charge in [-0.3, -0.25) is 4.79 Å². The minimum absolute atomic E-state index is 0.0734. The minimum Gasteiger partial charge on any atom is -0.382 e. The van der Waals surface area contributed by atoms with E-state index in [1.807, 2.05) is 48.5 Å². The molecule has 1 amide bonds. The second kappa shape index (κ2) is 7.14. The first-order valence-electron chi connectivity index (χ1n) is 6.91. The largest absolute Gasteiger partial charge is 0.382 e. The van der Waals surface area contributed by atoms with Crippen LogP contribution >= 0.6 is 11.6 Å². The first-order valence-corrected chi connectivity index (χ1v) is 7.29. The van der Waals surface area contributed by atoms with Crippen molar-refractivity contribution in [3.8, 4) is 0 Å². The molecule has 110 valence electrons. The van der Waals surface area contributed by atoms with Gasteiger partial charge in [0.1, 0.15) is 0 Å². The van der Waals surface area contributed by atoms with E-state index in [1.165, 1.54) is 5.56 Å². The zero-order valence-electron chi connectivity index (χ0n) is 12.2. The molecule has 0 radical (unpaired) electrons. The molecule has 3 nitrogen and oxygen atoms in total. The Balaban J connectivity index is 1.94. The van der Waals surface area contributed by atoms with Crippen molar-refractivity contribution in [3.63, 3.8) is 0 Å². The third kappa shape index (κ3) is 4.50. The highest BCUT2D eigenvalue weighted by Gasteiger charge is 2.06. The number of carbonyl (C=O) groups is 1. The van der Waals surface area contributed by atoms with Crippen LogP contribution in [0.15, 0.2) is 48.5 Å². The molecule has 0 fully saturated rings. The Morgan fingerprint density at radius 1 is 1.10 bits per heavy atom. The topological polar surface area (TPSA) is 41.1 Å². The quantitative estimate of drug-likeness (QED) is 0.883. The van der Waals surface area contributed by atoms with Crippen LogP contribution < -0.4 is 10.6 Å². The van der Waals surface area contributed by atoms with Crippen LogP contribution in [0.25, 0.3) is 0 Å². The highest BCUT2D eigenvalue weighted by Crippen LogP contribution is 2.15. The van der Waals surface area contributed by atoms with E-state index in [9.17, 15) is 4.79 Å². The molecule has 1 atom stereocenters. The van der Waals surface area contributed by atoms with Gasteiger partial charge in [-0.15, -0.1) is 0 Å². The van der Waals surface area contributed by atoms with Gasteiger partial charge in [0.15, 0.2) is 0 Å². The zero-order valence-corrected chi connectivity index (χ0v) is 12.9. The van der Waals surface area contributed by atoms with E-state index in [4.69, 9.17) is 11.6 Å². The van der Waals surface area contributed by atoms with Gasteiger partial charge in [0, 0.05) is 29.4 Å². The molecule has 21 heavy (non-hydrogen) atoms. The summed E-state index contributed by atoms with van der Waals surface area (Å²) in [6, 6.07) is 15.6. The van der Waals surface area contributed by atoms with Crippen molar-refractivity contribution in [2.24, 2.45) is 0 Å². The fourth-order valence-electron chi connectivity index (χ4n) is 2.17. The van der Waals surface area contributed by atoms with E-state index in [-0.39, 0.29) is 11.9 Å². The molecule has 0 aliphatic heterocycles. The van der Waals surface area contributed by atoms with Gasteiger partial charge >= 0.3 is 0 Å². The summed E-state index contributed by atoms with van der Waals surface area (Å²) < 4.78 is 0. The molecule has 0 aliphatic rings. The normalized spacial score (nSPS) is 11.8. The Morgan fingerprint density at radius 3 is 2.29 bits per heavy atom. The number of benzene rings is 2. The van der Waals surface area contributed by atoms with Gasteiger partial charge in [-0.05, 0) is 55.3 Å². The summed E-state index contributed by atoms with van der Waals surface area (Å²) >= 11 is 5.88. The first kappa shape index (κ1) is 15.4. The van der Waals surface area contributed by atoms with Crippen molar-refractivity contribution in [2.75, 3.05) is 12.4 Å². The van der Waals surface area contributed by atoms with E-state index in [0.717, 1.165) is 17.1 Å². The van der Waals surface area contributed by atoms with Crippen molar-refractivity contribution < 1.29 is 4.79 Å². The molecule has 0 saturated heterocycles. The first-order chi connectivity index (χ1) is 10.1. The summed E-state index contributed by atoms with van der Waals surface area (Å²) in [5.74, 6) is -0.0734. The van der Waals surface area contributed by atoms with Crippen LogP contribution in [0.1, 0.15) is 22.8 Å². The molecule has 0 spiro atoms. The minimum atomic E-state index is -0.0734. The highest BCUT2D eigenvalue weighted by molar-refractivity contribution is 6.30. The van der Waals surface area contributed by atoms with Gasteiger partial charge in [-0.25, -0.2) is 0 Å². The molecular formula is C17H19ClN2O. The third-order valence-electron chi connectivity index (χ3n) is 3.24. The Hall–Kier alpha value is -2.00. The Bertz CT molecular complexity index is 593. The second-order valence-electron chi connectivity index (χ2n) is 5.03. The number of hydrogen-bond donors (Lipinski definition) is 2. The van der Waals surface area contributed by atoms with Crippen LogP contribution in [0.3, 0.4) is 0 Å². The van der Waals surface area contributed by atoms with Gasteiger partial charge < -0.3 is 10.6 Å². The molecule has 0 aromatic heterocycles. The van der Waals surface area contributed by atoms with Crippen molar-refractivity contribution in [3.05, 3.63) is 64.7 Å². The maximum Gasteiger partial charge on any atom is 0.251 e. The predicted molar refractivity (Wildman–Crippen MR) is 88.1 cm³/mol. The molecule has 2 aromatic carbocycles. The lowest BCUT2D eigenvalue weighted by molar-refractivity contribution is 0.0963. The number of anilines is 1. The summed E-state index contributed by atoms with van der Waals surface area (Å²) in [4.78, 5) is 11.5. The maximum absolute atomic E-state index is 11.5. The van der Waals surface area contributed by atoms with E-state index < -0.39 is 0 Å². The fraction of sp³-hybridized carbons (Fsp3) is 0.235. The standard InChI is InChI=1S/C17H19ClN2O/c1-12(11-13-3-7-15(18)8-4-13)20-16-9-5-14(6-10-16)17(21)19-2/h3-10,12,20H,11H2,1-2H3,(H,19,21). The van der Waals surface area contributed by atoms with Gasteiger partial charge in [0.05, 0.1) is 0 Å². The molecule has 2 rings (SSSR count). The summed E-state index contributed by atoms with van der Waals surface area (Å²) in [7, 11) is 1.63. The Labute approximate surface area is 130 Å². The van der Waals surface area contributed by atoms with Crippen LogP contribution in [-0.2, 0) is 6.42 Å². The molecule has 1 unspecified atom stereocenters. The van der Waals surface area contributed by atoms with Gasteiger partial charge in [0.25, 0.3) is 5.91 Å². The average Bonchev–Trinajstić information content (AvgIpc) is 2.49. The predicted octanol–water partition coefficient (Wildman–Crippen LogP) is 3.74.